The second-order valence-corrected chi connectivity index (χ2v) is 7.47. The van der Waals surface area contributed by atoms with Gasteiger partial charge in [0.25, 0.3) is 5.91 Å². The first-order valence-corrected chi connectivity index (χ1v) is 10.2. The fourth-order valence-corrected chi connectivity index (χ4v) is 3.60. The van der Waals surface area contributed by atoms with E-state index >= 15 is 0 Å². The lowest BCUT2D eigenvalue weighted by atomic mass is 9.94. The third kappa shape index (κ3) is 4.77. The molecule has 0 spiro atoms. The summed E-state index contributed by atoms with van der Waals surface area (Å²) in [6.07, 6.45) is 0.754. The zero-order chi connectivity index (χ0) is 22.5. The van der Waals surface area contributed by atoms with E-state index in [9.17, 15) is 14.4 Å². The highest BCUT2D eigenvalue weighted by Crippen LogP contribution is 2.32. The Balaban J connectivity index is 1.92. The van der Waals surface area contributed by atoms with E-state index in [0.29, 0.717) is 34.6 Å². The van der Waals surface area contributed by atoms with Crippen LogP contribution in [0.25, 0.3) is 0 Å². The third-order valence-electron chi connectivity index (χ3n) is 5.24. The minimum Gasteiger partial charge on any atom is -0.466 e. The number of benzene rings is 2. The van der Waals surface area contributed by atoms with Gasteiger partial charge in [-0.25, -0.2) is 9.59 Å². The molecule has 0 aromatic heterocycles. The van der Waals surface area contributed by atoms with Gasteiger partial charge in [0.15, 0.2) is 0 Å². The average Bonchev–Trinajstić information content (AvgIpc) is 2.76. The Labute approximate surface area is 182 Å². The molecule has 7 nitrogen and oxygen atoms in total. The Kier molecular flexibility index (Phi) is 6.74. The molecule has 0 bridgehead atoms. The molecule has 162 valence electrons. The third-order valence-corrected chi connectivity index (χ3v) is 5.24. The first-order chi connectivity index (χ1) is 14.8. The quantitative estimate of drug-likeness (QED) is 0.685. The second-order valence-electron chi connectivity index (χ2n) is 7.47. The molecule has 1 aliphatic heterocycles. The lowest BCUT2D eigenvalue weighted by Crippen LogP contribution is -2.48. The standard InChI is InChI=1S/C24H27N3O4/c1-5-13-27-16(3)20(23(29)31-4)21(26-24(27)30)18-7-6-8-19(14-18)25-22(28)17-11-9-15(2)10-12-17/h6-12,14,21H,5,13H2,1-4H3,(H,25,28)(H,26,30). The van der Waals surface area contributed by atoms with Crippen molar-refractivity contribution in [1.82, 2.24) is 10.2 Å². The summed E-state index contributed by atoms with van der Waals surface area (Å²) < 4.78 is 4.99. The maximum Gasteiger partial charge on any atom is 0.337 e. The van der Waals surface area contributed by atoms with Crippen LogP contribution in [-0.4, -0.2) is 36.5 Å². The van der Waals surface area contributed by atoms with Gasteiger partial charge in [-0.05, 0) is 50.1 Å². The first-order valence-electron chi connectivity index (χ1n) is 10.2. The fraction of sp³-hybridized carbons (Fsp3) is 0.292. The molecule has 2 aromatic rings. The molecule has 2 N–H and O–H groups in total. The average molecular weight is 421 g/mol. The van der Waals surface area contributed by atoms with Gasteiger partial charge in [0.2, 0.25) is 0 Å². The Morgan fingerprint density at radius 3 is 2.48 bits per heavy atom. The number of methoxy groups -OCH3 is 1. The summed E-state index contributed by atoms with van der Waals surface area (Å²) in [6.45, 7) is 6.17. The van der Waals surface area contributed by atoms with Gasteiger partial charge in [-0.2, -0.15) is 0 Å². The number of carbonyl (C=O) groups is 3. The van der Waals surface area contributed by atoms with Crippen molar-refractivity contribution >= 4 is 23.6 Å². The number of rotatable bonds is 6. The summed E-state index contributed by atoms with van der Waals surface area (Å²) in [4.78, 5) is 39.4. The molecule has 1 atom stereocenters. The molecule has 1 heterocycles. The number of nitrogens with one attached hydrogen (secondary N) is 2. The molecule has 3 amide bonds. The minimum absolute atomic E-state index is 0.237. The number of esters is 1. The van der Waals surface area contributed by atoms with Gasteiger partial charge < -0.3 is 15.4 Å². The van der Waals surface area contributed by atoms with Gasteiger partial charge in [-0.15, -0.1) is 0 Å². The van der Waals surface area contributed by atoms with Gasteiger partial charge >= 0.3 is 12.0 Å². The van der Waals surface area contributed by atoms with E-state index in [1.165, 1.54) is 7.11 Å². The summed E-state index contributed by atoms with van der Waals surface area (Å²) in [5.41, 5.74) is 3.79. The second kappa shape index (κ2) is 9.47. The van der Waals surface area contributed by atoms with Gasteiger partial charge in [0.05, 0.1) is 18.7 Å². The number of hydrogen-bond acceptors (Lipinski definition) is 4. The van der Waals surface area contributed by atoms with E-state index in [1.807, 2.05) is 26.0 Å². The summed E-state index contributed by atoms with van der Waals surface area (Å²) in [7, 11) is 1.32. The number of carbonyl (C=O) groups excluding carboxylic acids is 3. The normalized spacial score (nSPS) is 16.1. The Bertz CT molecular complexity index is 1030. The molecule has 0 radical (unpaired) electrons. The highest BCUT2D eigenvalue weighted by molar-refractivity contribution is 6.04. The van der Waals surface area contributed by atoms with Crippen molar-refractivity contribution in [3.05, 3.63) is 76.5 Å². The van der Waals surface area contributed by atoms with Crippen molar-refractivity contribution in [3.8, 4) is 0 Å². The Morgan fingerprint density at radius 2 is 1.84 bits per heavy atom. The van der Waals surface area contributed by atoms with E-state index in [-0.39, 0.29) is 11.9 Å². The fourth-order valence-electron chi connectivity index (χ4n) is 3.60. The number of urea groups is 1. The van der Waals surface area contributed by atoms with Gasteiger partial charge in [0, 0.05) is 23.5 Å². The molecule has 0 saturated heterocycles. The van der Waals surface area contributed by atoms with Crippen molar-refractivity contribution in [1.29, 1.82) is 0 Å². The molecule has 0 aliphatic carbocycles. The number of hydrogen-bond donors (Lipinski definition) is 2. The molecule has 7 heteroatoms. The minimum atomic E-state index is -0.677. The Hall–Kier alpha value is -3.61. The summed E-state index contributed by atoms with van der Waals surface area (Å²) in [5.74, 6) is -0.739. The van der Waals surface area contributed by atoms with Crippen LogP contribution in [0.15, 0.2) is 59.8 Å². The van der Waals surface area contributed by atoms with Crippen LogP contribution in [-0.2, 0) is 9.53 Å². The maximum atomic E-state index is 12.7. The van der Waals surface area contributed by atoms with Crippen LogP contribution in [0, 0.1) is 6.92 Å². The number of nitrogens with zero attached hydrogens (tertiary/aromatic N) is 1. The number of ether oxygens (including phenoxy) is 1. The molecule has 2 aromatic carbocycles. The first kappa shape index (κ1) is 22.1. The van der Waals surface area contributed by atoms with Crippen molar-refractivity contribution in [2.24, 2.45) is 0 Å². The summed E-state index contributed by atoms with van der Waals surface area (Å²) in [6, 6.07) is 13.4. The van der Waals surface area contributed by atoms with E-state index in [2.05, 4.69) is 10.6 Å². The predicted octanol–water partition coefficient (Wildman–Crippen LogP) is 4.17. The molecular formula is C24H27N3O4. The maximum absolute atomic E-state index is 12.7. The summed E-state index contributed by atoms with van der Waals surface area (Å²) in [5, 5.41) is 5.77. The lowest BCUT2D eigenvalue weighted by molar-refractivity contribution is -0.136. The highest BCUT2D eigenvalue weighted by atomic mass is 16.5. The van der Waals surface area contributed by atoms with E-state index in [1.54, 1.807) is 48.2 Å². The van der Waals surface area contributed by atoms with Crippen LogP contribution in [0.5, 0.6) is 0 Å². The van der Waals surface area contributed by atoms with E-state index in [0.717, 1.165) is 12.0 Å². The number of amides is 3. The molecule has 31 heavy (non-hydrogen) atoms. The molecule has 1 unspecified atom stereocenters. The van der Waals surface area contributed by atoms with Gasteiger partial charge in [-0.3, -0.25) is 9.69 Å². The summed E-state index contributed by atoms with van der Waals surface area (Å²) >= 11 is 0. The highest BCUT2D eigenvalue weighted by Gasteiger charge is 2.36. The number of allylic oxidation sites excluding steroid dienone is 1. The van der Waals surface area contributed by atoms with E-state index < -0.39 is 12.0 Å². The monoisotopic (exact) mass is 421 g/mol. The van der Waals surface area contributed by atoms with Crippen LogP contribution in [0.3, 0.4) is 0 Å². The van der Waals surface area contributed by atoms with Gasteiger partial charge in [-0.1, -0.05) is 36.8 Å². The molecule has 3 rings (SSSR count). The van der Waals surface area contributed by atoms with Crippen LogP contribution in [0.4, 0.5) is 10.5 Å². The Morgan fingerprint density at radius 1 is 1.13 bits per heavy atom. The van der Waals surface area contributed by atoms with Crippen molar-refractivity contribution in [2.75, 3.05) is 19.0 Å². The lowest BCUT2D eigenvalue weighted by Gasteiger charge is -2.35. The van der Waals surface area contributed by atoms with Gasteiger partial charge in [0.1, 0.15) is 0 Å². The number of aryl methyl sites for hydroxylation is 1. The van der Waals surface area contributed by atoms with E-state index in [4.69, 9.17) is 4.74 Å². The van der Waals surface area contributed by atoms with Crippen LogP contribution in [0.2, 0.25) is 0 Å². The predicted molar refractivity (Wildman–Crippen MR) is 119 cm³/mol. The van der Waals surface area contributed by atoms with Crippen LogP contribution in [0.1, 0.15) is 47.8 Å². The molecule has 0 fully saturated rings. The number of anilines is 1. The molecule has 0 saturated carbocycles. The van der Waals surface area contributed by atoms with Crippen molar-refractivity contribution in [3.63, 3.8) is 0 Å². The molecule has 1 aliphatic rings. The topological polar surface area (TPSA) is 87.7 Å². The van der Waals surface area contributed by atoms with Crippen LogP contribution >= 0.6 is 0 Å². The van der Waals surface area contributed by atoms with Crippen LogP contribution < -0.4 is 10.6 Å². The zero-order valence-electron chi connectivity index (χ0n) is 18.2. The smallest absolute Gasteiger partial charge is 0.337 e. The SMILES string of the molecule is CCCN1C(=O)NC(c2cccc(NC(=O)c3ccc(C)cc3)c2)C(C(=O)OC)=C1C. The molecular weight excluding hydrogens is 394 g/mol. The largest absolute Gasteiger partial charge is 0.466 e. The zero-order valence-corrected chi connectivity index (χ0v) is 18.2. The van der Waals surface area contributed by atoms with Crippen molar-refractivity contribution < 1.29 is 19.1 Å². The van der Waals surface area contributed by atoms with Crippen molar-refractivity contribution in [2.45, 2.75) is 33.2 Å².